The first-order chi connectivity index (χ1) is 32.6. The van der Waals surface area contributed by atoms with Crippen LogP contribution in [0.15, 0.2) is 72.9 Å². The lowest BCUT2D eigenvalue weighted by Gasteiger charge is -2.31. The molecule has 3 aliphatic heterocycles. The highest BCUT2D eigenvalue weighted by molar-refractivity contribution is 6.07. The van der Waals surface area contributed by atoms with Crippen molar-refractivity contribution in [3.63, 3.8) is 0 Å². The molecule has 2 saturated heterocycles. The van der Waals surface area contributed by atoms with E-state index in [0.717, 1.165) is 111 Å². The largest absolute Gasteiger partial charge is 0.488 e. The molecule has 348 valence electrons. The summed E-state index contributed by atoms with van der Waals surface area (Å²) in [5, 5.41) is 18.2. The number of amides is 3. The predicted molar refractivity (Wildman–Crippen MR) is 254 cm³/mol. The smallest absolute Gasteiger partial charge is 0.250 e. The molecule has 0 bridgehead atoms. The lowest BCUT2D eigenvalue weighted by Crippen LogP contribution is -2.52. The highest BCUT2D eigenvalue weighted by atomic mass is 16.6. The molecule has 14 nitrogen and oxygen atoms in total. The van der Waals surface area contributed by atoms with E-state index in [2.05, 4.69) is 75.2 Å². The summed E-state index contributed by atoms with van der Waals surface area (Å²) in [6, 6.07) is 21.5. The molecule has 2 aromatic heterocycles. The van der Waals surface area contributed by atoms with Gasteiger partial charge in [-0.25, -0.2) is 9.97 Å². The third-order valence-electron chi connectivity index (χ3n) is 15.0. The number of aromatic nitrogens is 4. The Bertz CT molecular complexity index is 2840. The monoisotopic (exact) mass is 904 g/mol. The van der Waals surface area contributed by atoms with Crippen molar-refractivity contribution in [2.24, 2.45) is 11.8 Å². The van der Waals surface area contributed by atoms with Crippen molar-refractivity contribution in [2.75, 3.05) is 20.2 Å². The number of aliphatic hydroxyl groups is 1. The first-order valence-corrected chi connectivity index (χ1v) is 24.4. The van der Waals surface area contributed by atoms with Crippen LogP contribution in [0.1, 0.15) is 130 Å². The quantitative estimate of drug-likeness (QED) is 0.0712. The Kier molecular flexibility index (Phi) is 11.6. The second kappa shape index (κ2) is 17.9. The molecule has 2 saturated carbocycles. The normalized spacial score (nSPS) is 20.9. The number of carbonyl (C=O) groups is 3. The van der Waals surface area contributed by atoms with Crippen LogP contribution in [0.25, 0.3) is 44.2 Å². The molecule has 1 unspecified atom stereocenters. The lowest BCUT2D eigenvalue weighted by atomic mass is 9.92. The molecule has 67 heavy (non-hydrogen) atoms. The molecular formula is C53H60N8O6. The van der Waals surface area contributed by atoms with Gasteiger partial charge in [0.1, 0.15) is 30.0 Å². The zero-order chi connectivity index (χ0) is 45.9. The molecule has 4 fully saturated rings. The molecule has 2 aliphatic carbocycles. The zero-order valence-electron chi connectivity index (χ0n) is 38.5. The van der Waals surface area contributed by atoms with Gasteiger partial charge in [-0.15, -0.1) is 0 Å². The van der Waals surface area contributed by atoms with Gasteiger partial charge in [-0.2, -0.15) is 0 Å². The number of aliphatic hydroxyl groups excluding tert-OH is 1. The molecule has 0 radical (unpaired) electrons. The van der Waals surface area contributed by atoms with Gasteiger partial charge in [0, 0.05) is 37.1 Å². The van der Waals surface area contributed by atoms with E-state index in [1.807, 2.05) is 42.0 Å². The van der Waals surface area contributed by atoms with Gasteiger partial charge in [0.15, 0.2) is 0 Å². The summed E-state index contributed by atoms with van der Waals surface area (Å²) in [5.41, 5.74) is 8.89. The number of rotatable bonds is 13. The molecule has 5 heterocycles. The second-order valence-corrected chi connectivity index (χ2v) is 19.7. The molecule has 5 N–H and O–H groups in total. The van der Waals surface area contributed by atoms with Crippen LogP contribution in [-0.4, -0.2) is 85.2 Å². The number of aromatic amines is 2. The average molecular weight is 905 g/mol. The van der Waals surface area contributed by atoms with Gasteiger partial charge in [0.05, 0.1) is 41.0 Å². The van der Waals surface area contributed by atoms with Crippen molar-refractivity contribution in [3.8, 4) is 28.1 Å². The van der Waals surface area contributed by atoms with Gasteiger partial charge in [-0.1, -0.05) is 69.2 Å². The van der Waals surface area contributed by atoms with Crippen LogP contribution in [0.3, 0.4) is 0 Å². The number of nitrogens with one attached hydrogen (secondary N) is 4. The maximum absolute atomic E-state index is 14.6. The second-order valence-electron chi connectivity index (χ2n) is 19.7. The van der Waals surface area contributed by atoms with E-state index >= 15 is 0 Å². The Morgan fingerprint density at radius 1 is 0.821 bits per heavy atom. The van der Waals surface area contributed by atoms with Crippen LogP contribution in [0, 0.1) is 11.8 Å². The summed E-state index contributed by atoms with van der Waals surface area (Å²) < 4.78 is 11.5. The molecular weight excluding hydrogens is 845 g/mol. The number of methoxy groups -OCH3 is 1. The van der Waals surface area contributed by atoms with Gasteiger partial charge < -0.3 is 39.7 Å². The van der Waals surface area contributed by atoms with Crippen molar-refractivity contribution in [2.45, 2.75) is 121 Å². The first kappa shape index (κ1) is 43.5. The van der Waals surface area contributed by atoms with Gasteiger partial charge in [0.2, 0.25) is 24.1 Å². The molecule has 14 heteroatoms. The number of ether oxygens (including phenoxy) is 2. The standard InChI is InChI=1S/C53H60N8O6/c1-29(2)45(59-53(65)66-3)51(63)60-22-6-10-42(60)48-54-27-41(56-48)35-18-20-37-36(24-35)28-67-44-26-38-34(25-39(37)44)19-21-40-47(38)57-49(55-40)43-11-7-23-61(43)52(64)46(58-50(62)33-16-17-33)32-14-12-31(13-15-32)30-8-4-5-9-30/h12-15,18-21,24-27,29-30,33,42-43,45-46,53,59,65H,4-11,16-17,22-23,28H2,1-3H3,(H,54,56)(H,55,57)(H,58,62)/t42-,43-,45-,46+,53?/m0/s1. The fourth-order valence-corrected chi connectivity index (χ4v) is 11.1. The van der Waals surface area contributed by atoms with E-state index in [1.165, 1.54) is 38.4 Å². The summed E-state index contributed by atoms with van der Waals surface area (Å²) in [7, 11) is 1.39. The molecule has 6 aromatic rings. The summed E-state index contributed by atoms with van der Waals surface area (Å²) in [4.78, 5) is 62.5. The minimum absolute atomic E-state index is 0.0114. The SMILES string of the molecule is COC(O)N[C@H](C(=O)N1CCC[C@H]1c1ncc(-c2ccc3c(c2)COc2cc4c(ccc5[nH]c([C@@H]6CCCN6C(=O)[C@H](NC(=O)C6CC6)c6ccc(C7CCCC7)cc6)nc54)cc2-3)[nH]1)C(C)C. The van der Waals surface area contributed by atoms with Gasteiger partial charge in [-0.05, 0) is 121 Å². The number of imidazole rings is 2. The Hall–Kier alpha value is -6.09. The number of H-pyrrole nitrogens is 2. The Morgan fingerprint density at radius 2 is 1.57 bits per heavy atom. The van der Waals surface area contributed by atoms with Gasteiger partial charge >= 0.3 is 0 Å². The van der Waals surface area contributed by atoms with Crippen LogP contribution in [0.2, 0.25) is 0 Å². The van der Waals surface area contributed by atoms with Crippen molar-refractivity contribution >= 4 is 39.5 Å². The predicted octanol–water partition coefficient (Wildman–Crippen LogP) is 8.45. The number of benzene rings is 4. The molecule has 3 amide bonds. The first-order valence-electron chi connectivity index (χ1n) is 24.4. The van der Waals surface area contributed by atoms with Crippen LogP contribution in [0.5, 0.6) is 5.75 Å². The molecule has 4 aromatic carbocycles. The molecule has 11 rings (SSSR count). The van der Waals surface area contributed by atoms with Crippen LogP contribution in [-0.2, 0) is 25.7 Å². The fraction of sp³-hybridized carbons (Fsp3) is 0.453. The fourth-order valence-electron chi connectivity index (χ4n) is 11.1. The van der Waals surface area contributed by atoms with Crippen LogP contribution in [0.4, 0.5) is 0 Å². The Labute approximate surface area is 390 Å². The molecule has 0 spiro atoms. The summed E-state index contributed by atoms with van der Waals surface area (Å²) in [6.07, 6.45) is 10.6. The van der Waals surface area contributed by atoms with Crippen LogP contribution >= 0.6 is 0 Å². The van der Waals surface area contributed by atoms with E-state index in [9.17, 15) is 19.5 Å². The van der Waals surface area contributed by atoms with E-state index in [0.29, 0.717) is 25.6 Å². The van der Waals surface area contributed by atoms with E-state index in [1.54, 1.807) is 0 Å². The Balaban J connectivity index is 0.830. The van der Waals surface area contributed by atoms with Crippen LogP contribution < -0.4 is 15.4 Å². The summed E-state index contributed by atoms with van der Waals surface area (Å²) in [5.74, 6) is 2.57. The third-order valence-corrected chi connectivity index (χ3v) is 15.0. The van der Waals surface area contributed by atoms with Gasteiger partial charge in [0.25, 0.3) is 0 Å². The number of hydrogen-bond acceptors (Lipinski definition) is 9. The minimum atomic E-state index is -1.23. The summed E-state index contributed by atoms with van der Waals surface area (Å²) >= 11 is 0. The Morgan fingerprint density at radius 3 is 2.30 bits per heavy atom. The highest BCUT2D eigenvalue weighted by Crippen LogP contribution is 2.44. The minimum Gasteiger partial charge on any atom is -0.488 e. The zero-order valence-corrected chi connectivity index (χ0v) is 38.5. The lowest BCUT2D eigenvalue weighted by molar-refractivity contribution is -0.145. The number of hydrogen-bond donors (Lipinski definition) is 5. The van der Waals surface area contributed by atoms with Crippen molar-refractivity contribution < 1.29 is 29.0 Å². The van der Waals surface area contributed by atoms with Crippen molar-refractivity contribution in [1.29, 1.82) is 0 Å². The maximum Gasteiger partial charge on any atom is 0.250 e. The highest BCUT2D eigenvalue weighted by Gasteiger charge is 2.40. The molecule has 5 atom stereocenters. The third kappa shape index (κ3) is 8.27. The van der Waals surface area contributed by atoms with Gasteiger partial charge in [-0.3, -0.25) is 19.7 Å². The van der Waals surface area contributed by atoms with E-state index in [-0.39, 0.29) is 41.6 Å². The average Bonchev–Trinajstić information content (AvgIpc) is 3.99. The number of likely N-dealkylation sites (tertiary alicyclic amines) is 2. The topological polar surface area (TPSA) is 178 Å². The summed E-state index contributed by atoms with van der Waals surface area (Å²) in [6.45, 7) is 5.50. The number of fused-ring (bicyclic) bond motifs is 6. The molecule has 5 aliphatic rings. The van der Waals surface area contributed by atoms with Crippen molar-refractivity contribution in [3.05, 3.63) is 101 Å². The number of nitrogens with zero attached hydrogens (tertiary/aromatic N) is 4. The van der Waals surface area contributed by atoms with E-state index < -0.39 is 18.5 Å². The number of carbonyl (C=O) groups excluding carboxylic acids is 3. The van der Waals surface area contributed by atoms with E-state index in [4.69, 9.17) is 19.4 Å². The van der Waals surface area contributed by atoms with Crippen molar-refractivity contribution in [1.82, 2.24) is 40.4 Å². The maximum atomic E-state index is 14.6.